The van der Waals surface area contributed by atoms with Crippen LogP contribution in [0.5, 0.6) is 0 Å². The lowest BCUT2D eigenvalue weighted by molar-refractivity contribution is -0.146. The Labute approximate surface area is 139 Å². The molecule has 1 heterocycles. The number of esters is 2. The van der Waals surface area contributed by atoms with Gasteiger partial charge in [-0.3, -0.25) is 19.4 Å². The molecule has 0 atom stereocenters. The topological polar surface area (TPSA) is 126 Å². The summed E-state index contributed by atoms with van der Waals surface area (Å²) in [5, 5.41) is 0. The van der Waals surface area contributed by atoms with Crippen LogP contribution < -0.4 is 5.73 Å². The smallest absolute Gasteiger partial charge is 0.333 e. The third kappa shape index (κ3) is 9.82. The van der Waals surface area contributed by atoms with Crippen molar-refractivity contribution in [3.05, 3.63) is 42.2 Å². The molecule has 0 fully saturated rings. The molecule has 0 radical (unpaired) electrons. The average Bonchev–Trinajstić information content (AvgIpc) is 2.54. The Kier molecular flexibility index (Phi) is 10.1. The standard InChI is InChI=1S/C10H14O5.C6H6N2O/c1-7(10(13)14-3)4-5-15-9(12)6-8(2)11;7-6(9)5-2-1-3-8-4-5/h1,4-6H2,2-3H3;1-4H,(H2,7,9). The van der Waals surface area contributed by atoms with Gasteiger partial charge in [0.1, 0.15) is 12.2 Å². The normalized spacial score (nSPS) is 9.08. The van der Waals surface area contributed by atoms with Gasteiger partial charge in [-0.2, -0.15) is 0 Å². The second kappa shape index (κ2) is 11.5. The van der Waals surface area contributed by atoms with Gasteiger partial charge in [0.25, 0.3) is 0 Å². The first-order valence-electron chi connectivity index (χ1n) is 6.88. The molecule has 0 aliphatic rings. The van der Waals surface area contributed by atoms with E-state index in [0.717, 1.165) is 0 Å². The molecule has 1 aromatic heterocycles. The summed E-state index contributed by atoms with van der Waals surface area (Å²) < 4.78 is 9.09. The number of ether oxygens (including phenoxy) is 2. The van der Waals surface area contributed by atoms with Crippen LogP contribution in [0.1, 0.15) is 30.1 Å². The number of carbonyl (C=O) groups excluding carboxylic acids is 4. The lowest BCUT2D eigenvalue weighted by Crippen LogP contribution is -2.12. The van der Waals surface area contributed by atoms with E-state index >= 15 is 0 Å². The van der Waals surface area contributed by atoms with E-state index < -0.39 is 17.8 Å². The number of ketones is 1. The minimum Gasteiger partial charge on any atom is -0.466 e. The number of aromatic nitrogens is 1. The van der Waals surface area contributed by atoms with Crippen LogP contribution in [0.4, 0.5) is 0 Å². The van der Waals surface area contributed by atoms with Gasteiger partial charge in [0.2, 0.25) is 5.91 Å². The quantitative estimate of drug-likeness (QED) is 0.443. The van der Waals surface area contributed by atoms with Crippen molar-refractivity contribution in [1.82, 2.24) is 4.98 Å². The summed E-state index contributed by atoms with van der Waals surface area (Å²) in [5.74, 6) is -1.83. The average molecular weight is 336 g/mol. The maximum absolute atomic E-state index is 10.9. The van der Waals surface area contributed by atoms with Crippen molar-refractivity contribution in [2.45, 2.75) is 19.8 Å². The molecule has 1 aromatic rings. The third-order valence-corrected chi connectivity index (χ3v) is 2.48. The van der Waals surface area contributed by atoms with Crippen LogP contribution in [0.2, 0.25) is 0 Å². The maximum Gasteiger partial charge on any atom is 0.333 e. The number of methoxy groups -OCH3 is 1. The Hall–Kier alpha value is -3.03. The molecule has 0 bridgehead atoms. The van der Waals surface area contributed by atoms with Crippen LogP contribution in [0.3, 0.4) is 0 Å². The summed E-state index contributed by atoms with van der Waals surface area (Å²) in [6.07, 6.45) is 2.98. The van der Waals surface area contributed by atoms with E-state index in [1.54, 1.807) is 18.3 Å². The van der Waals surface area contributed by atoms with E-state index in [0.29, 0.717) is 5.56 Å². The fourth-order valence-corrected chi connectivity index (χ4v) is 1.30. The zero-order valence-corrected chi connectivity index (χ0v) is 13.6. The van der Waals surface area contributed by atoms with Crippen LogP contribution in [-0.4, -0.2) is 42.3 Å². The Morgan fingerprint density at radius 2 is 1.96 bits per heavy atom. The Bertz CT molecular complexity index is 598. The maximum atomic E-state index is 10.9. The van der Waals surface area contributed by atoms with Gasteiger partial charge in [0.05, 0.1) is 19.3 Å². The van der Waals surface area contributed by atoms with Crippen molar-refractivity contribution in [3.63, 3.8) is 0 Å². The first-order valence-corrected chi connectivity index (χ1v) is 6.88. The number of primary amides is 1. The predicted octanol–water partition coefficient (Wildman–Crippen LogP) is 0.808. The van der Waals surface area contributed by atoms with Crippen molar-refractivity contribution >= 4 is 23.6 Å². The second-order valence-electron chi connectivity index (χ2n) is 4.55. The molecule has 130 valence electrons. The first-order chi connectivity index (χ1) is 11.3. The summed E-state index contributed by atoms with van der Waals surface area (Å²) in [4.78, 5) is 46.3. The summed E-state index contributed by atoms with van der Waals surface area (Å²) in [6, 6.07) is 3.29. The Balaban J connectivity index is 0.000000496. The molecule has 0 saturated carbocycles. The molecule has 0 aliphatic carbocycles. The molecule has 0 unspecified atom stereocenters. The highest BCUT2D eigenvalue weighted by Crippen LogP contribution is 2.01. The van der Waals surface area contributed by atoms with Crippen molar-refractivity contribution in [2.75, 3.05) is 13.7 Å². The van der Waals surface area contributed by atoms with Crippen molar-refractivity contribution in [1.29, 1.82) is 0 Å². The van der Waals surface area contributed by atoms with Crippen LogP contribution in [0.15, 0.2) is 36.7 Å². The number of Topliss-reactive ketones (excluding diaryl/α,β-unsaturated/α-hetero) is 1. The monoisotopic (exact) mass is 336 g/mol. The summed E-state index contributed by atoms with van der Waals surface area (Å²) in [6.45, 7) is 4.78. The van der Waals surface area contributed by atoms with Crippen LogP contribution in [0.25, 0.3) is 0 Å². The summed E-state index contributed by atoms with van der Waals surface area (Å²) in [5.41, 5.74) is 5.61. The molecule has 0 aromatic carbocycles. The van der Waals surface area contributed by atoms with Gasteiger partial charge in [-0.15, -0.1) is 0 Å². The van der Waals surface area contributed by atoms with Gasteiger partial charge in [-0.1, -0.05) is 6.58 Å². The van der Waals surface area contributed by atoms with Crippen LogP contribution in [0, 0.1) is 0 Å². The van der Waals surface area contributed by atoms with Gasteiger partial charge in [0.15, 0.2) is 0 Å². The molecule has 0 aliphatic heterocycles. The number of amides is 1. The lowest BCUT2D eigenvalue weighted by atomic mass is 10.2. The van der Waals surface area contributed by atoms with Crippen molar-refractivity contribution in [2.24, 2.45) is 5.73 Å². The van der Waals surface area contributed by atoms with Gasteiger partial charge in [-0.25, -0.2) is 4.79 Å². The van der Waals surface area contributed by atoms with Crippen LogP contribution in [-0.2, 0) is 23.9 Å². The molecule has 2 N–H and O–H groups in total. The number of pyridine rings is 1. The second-order valence-corrected chi connectivity index (χ2v) is 4.55. The lowest BCUT2D eigenvalue weighted by Gasteiger charge is -2.04. The highest BCUT2D eigenvalue weighted by Gasteiger charge is 2.09. The van der Waals surface area contributed by atoms with Crippen molar-refractivity contribution < 1.29 is 28.7 Å². The first kappa shape index (κ1) is 21.0. The number of rotatable bonds is 7. The van der Waals surface area contributed by atoms with Crippen molar-refractivity contribution in [3.8, 4) is 0 Å². The van der Waals surface area contributed by atoms with E-state index in [2.05, 4.69) is 21.0 Å². The minimum absolute atomic E-state index is 0.0278. The molecule has 0 spiro atoms. The minimum atomic E-state index is -0.597. The van der Waals surface area contributed by atoms with Gasteiger partial charge in [0, 0.05) is 24.4 Å². The van der Waals surface area contributed by atoms with Gasteiger partial charge < -0.3 is 15.2 Å². The summed E-state index contributed by atoms with van der Waals surface area (Å²) in [7, 11) is 1.25. The fraction of sp³-hybridized carbons (Fsp3) is 0.312. The van der Waals surface area contributed by atoms with Gasteiger partial charge >= 0.3 is 11.9 Å². The predicted molar refractivity (Wildman–Crippen MR) is 84.8 cm³/mol. The number of nitrogens with two attached hydrogens (primary N) is 1. The molecular weight excluding hydrogens is 316 g/mol. The summed E-state index contributed by atoms with van der Waals surface area (Å²) >= 11 is 0. The Morgan fingerprint density at radius 3 is 2.38 bits per heavy atom. The van der Waals surface area contributed by atoms with E-state index in [9.17, 15) is 19.2 Å². The Morgan fingerprint density at radius 1 is 1.29 bits per heavy atom. The zero-order chi connectivity index (χ0) is 18.5. The molecule has 8 nitrogen and oxygen atoms in total. The largest absolute Gasteiger partial charge is 0.466 e. The molecular formula is C16H20N2O6. The number of carbonyl (C=O) groups is 4. The highest BCUT2D eigenvalue weighted by atomic mass is 16.5. The fourth-order valence-electron chi connectivity index (χ4n) is 1.30. The molecule has 24 heavy (non-hydrogen) atoms. The van der Waals surface area contributed by atoms with E-state index in [1.807, 2.05) is 0 Å². The number of hydrogen-bond donors (Lipinski definition) is 1. The number of hydrogen-bond acceptors (Lipinski definition) is 7. The zero-order valence-electron chi connectivity index (χ0n) is 13.6. The van der Waals surface area contributed by atoms with Gasteiger partial charge in [-0.05, 0) is 19.1 Å². The molecule has 1 rings (SSSR count). The third-order valence-electron chi connectivity index (χ3n) is 2.48. The molecule has 1 amide bonds. The molecule has 0 saturated heterocycles. The number of nitrogens with zero attached hydrogens (tertiary/aromatic N) is 1. The SMILES string of the molecule is C=C(CCOC(=O)CC(C)=O)C(=O)OC.NC(=O)c1cccnc1. The molecule has 8 heteroatoms. The van der Waals surface area contributed by atoms with E-state index in [-0.39, 0.29) is 30.8 Å². The van der Waals surface area contributed by atoms with E-state index in [1.165, 1.54) is 20.2 Å². The highest BCUT2D eigenvalue weighted by molar-refractivity contribution is 5.94. The van der Waals surface area contributed by atoms with Crippen LogP contribution >= 0.6 is 0 Å². The van der Waals surface area contributed by atoms with E-state index in [4.69, 9.17) is 5.73 Å².